The number of aliphatic carboxylic acids is 1. The predicted molar refractivity (Wildman–Crippen MR) is 87.7 cm³/mol. The van der Waals surface area contributed by atoms with Crippen molar-refractivity contribution in [2.75, 3.05) is 19.6 Å². The third-order valence-electron chi connectivity index (χ3n) is 5.52. The van der Waals surface area contributed by atoms with E-state index in [2.05, 4.69) is 5.32 Å². The maximum Gasteiger partial charge on any atom is 0.308 e. The lowest BCUT2D eigenvalue weighted by atomic mass is 9.99. The number of carboxylic acid groups (broad SMARTS) is 1. The third-order valence-corrected chi connectivity index (χ3v) is 5.52. The predicted octanol–water partition coefficient (Wildman–Crippen LogP) is -0.426. The average Bonchev–Trinajstić information content (AvgIpc) is 3.31. The van der Waals surface area contributed by atoms with Crippen molar-refractivity contribution in [3.8, 4) is 6.07 Å². The van der Waals surface area contributed by atoms with E-state index in [0.29, 0.717) is 13.0 Å². The van der Waals surface area contributed by atoms with Crippen LogP contribution in [0, 0.1) is 23.2 Å². The van der Waals surface area contributed by atoms with Crippen molar-refractivity contribution in [1.82, 2.24) is 15.1 Å². The SMILES string of the molecule is N#C[C@@H]1CC(F)(F)CN1C(=O)C1C[C@@H](CC(=O)N2CCC(C(=O)O)C2)C(=O)N1. The van der Waals surface area contributed by atoms with Crippen LogP contribution in [0.4, 0.5) is 8.78 Å². The minimum Gasteiger partial charge on any atom is -0.481 e. The highest BCUT2D eigenvalue weighted by atomic mass is 19.3. The van der Waals surface area contributed by atoms with Crippen molar-refractivity contribution in [1.29, 1.82) is 5.26 Å². The molecule has 0 radical (unpaired) electrons. The molecule has 3 rings (SSSR count). The summed E-state index contributed by atoms with van der Waals surface area (Å²) in [4.78, 5) is 50.2. The molecule has 0 aromatic heterocycles. The minimum atomic E-state index is -3.15. The molecule has 0 bridgehead atoms. The second-order valence-corrected chi connectivity index (χ2v) is 7.53. The van der Waals surface area contributed by atoms with Gasteiger partial charge in [-0.3, -0.25) is 19.2 Å². The van der Waals surface area contributed by atoms with E-state index < -0.39 is 60.6 Å². The molecule has 3 aliphatic heterocycles. The van der Waals surface area contributed by atoms with Crippen molar-refractivity contribution < 1.29 is 33.1 Å². The van der Waals surface area contributed by atoms with Gasteiger partial charge in [-0.15, -0.1) is 0 Å². The van der Waals surface area contributed by atoms with Crippen molar-refractivity contribution in [2.45, 2.75) is 43.7 Å². The first-order valence-corrected chi connectivity index (χ1v) is 9.00. The molecule has 3 fully saturated rings. The zero-order valence-corrected chi connectivity index (χ0v) is 14.9. The van der Waals surface area contributed by atoms with Crippen molar-refractivity contribution in [2.24, 2.45) is 11.8 Å². The van der Waals surface area contributed by atoms with Crippen LogP contribution in [0.1, 0.15) is 25.7 Å². The van der Waals surface area contributed by atoms with E-state index in [0.717, 1.165) is 4.90 Å². The van der Waals surface area contributed by atoms with Gasteiger partial charge in [0.1, 0.15) is 12.1 Å². The number of nitrogens with zero attached hydrogens (tertiary/aromatic N) is 3. The topological polar surface area (TPSA) is 131 Å². The van der Waals surface area contributed by atoms with Gasteiger partial charge in [0.2, 0.25) is 17.7 Å². The van der Waals surface area contributed by atoms with Crippen LogP contribution >= 0.6 is 0 Å². The highest BCUT2D eigenvalue weighted by molar-refractivity contribution is 5.94. The summed E-state index contributed by atoms with van der Waals surface area (Å²) in [6.07, 6.45) is -0.602. The fourth-order valence-electron chi connectivity index (χ4n) is 3.97. The number of nitriles is 1. The first-order valence-electron chi connectivity index (χ1n) is 9.00. The maximum absolute atomic E-state index is 13.5. The van der Waals surface area contributed by atoms with Crippen LogP contribution in [-0.4, -0.2) is 76.2 Å². The quantitative estimate of drug-likeness (QED) is 0.661. The minimum absolute atomic E-state index is 0.0280. The van der Waals surface area contributed by atoms with Crippen LogP contribution in [0.3, 0.4) is 0 Å². The van der Waals surface area contributed by atoms with Crippen LogP contribution in [0.5, 0.6) is 0 Å². The zero-order valence-electron chi connectivity index (χ0n) is 14.9. The highest BCUT2D eigenvalue weighted by Crippen LogP contribution is 2.33. The molecule has 0 saturated carbocycles. The molecule has 11 heteroatoms. The van der Waals surface area contributed by atoms with Crippen LogP contribution in [-0.2, 0) is 19.2 Å². The van der Waals surface area contributed by atoms with Gasteiger partial charge in [0.25, 0.3) is 5.92 Å². The number of carbonyl (C=O) groups excluding carboxylic acids is 3. The summed E-state index contributed by atoms with van der Waals surface area (Å²) >= 11 is 0. The van der Waals surface area contributed by atoms with Gasteiger partial charge in [0.15, 0.2) is 0 Å². The Morgan fingerprint density at radius 3 is 2.68 bits per heavy atom. The number of likely N-dealkylation sites (tertiary alicyclic amines) is 2. The fraction of sp³-hybridized carbons (Fsp3) is 0.706. The van der Waals surface area contributed by atoms with E-state index in [9.17, 15) is 28.0 Å². The van der Waals surface area contributed by atoms with Gasteiger partial charge in [-0.25, -0.2) is 8.78 Å². The van der Waals surface area contributed by atoms with Crippen LogP contribution in [0.25, 0.3) is 0 Å². The van der Waals surface area contributed by atoms with Crippen LogP contribution < -0.4 is 5.32 Å². The van der Waals surface area contributed by atoms with E-state index in [1.54, 1.807) is 6.07 Å². The van der Waals surface area contributed by atoms with E-state index in [1.807, 2.05) is 0 Å². The first kappa shape index (κ1) is 20.0. The number of hydrogen-bond donors (Lipinski definition) is 2. The Labute approximate surface area is 159 Å². The van der Waals surface area contributed by atoms with E-state index in [-0.39, 0.29) is 25.3 Å². The lowest BCUT2D eigenvalue weighted by molar-refractivity contribution is -0.141. The molecule has 4 atom stereocenters. The van der Waals surface area contributed by atoms with Gasteiger partial charge in [0, 0.05) is 31.8 Å². The summed E-state index contributed by atoms with van der Waals surface area (Å²) in [7, 11) is 0. The third kappa shape index (κ3) is 3.90. The van der Waals surface area contributed by atoms with E-state index >= 15 is 0 Å². The van der Waals surface area contributed by atoms with Gasteiger partial charge in [-0.2, -0.15) is 5.26 Å². The van der Waals surface area contributed by atoms with Crippen LogP contribution in [0.15, 0.2) is 0 Å². The molecule has 3 aliphatic rings. The van der Waals surface area contributed by atoms with Crippen molar-refractivity contribution in [3.63, 3.8) is 0 Å². The molecule has 0 aromatic rings. The normalized spacial score (nSPS) is 31.5. The van der Waals surface area contributed by atoms with Gasteiger partial charge in [0.05, 0.1) is 18.5 Å². The zero-order chi connectivity index (χ0) is 20.6. The molecule has 3 saturated heterocycles. The summed E-state index contributed by atoms with van der Waals surface area (Å²) in [5.74, 6) is -7.21. The molecule has 152 valence electrons. The van der Waals surface area contributed by atoms with E-state index in [1.165, 1.54) is 4.90 Å². The number of amides is 3. The molecule has 3 heterocycles. The second-order valence-electron chi connectivity index (χ2n) is 7.53. The summed E-state index contributed by atoms with van der Waals surface area (Å²) < 4.78 is 27.1. The summed E-state index contributed by atoms with van der Waals surface area (Å²) in [6.45, 7) is -0.499. The Morgan fingerprint density at radius 1 is 1.36 bits per heavy atom. The number of alkyl halides is 2. The Balaban J connectivity index is 1.58. The standard InChI is InChI=1S/C17H20F2N4O5/c18-17(19)5-11(6-20)23(8-17)15(26)12-3-10(14(25)21-12)4-13(24)22-2-1-9(7-22)16(27)28/h9-12H,1-5,7-8H2,(H,21,25)(H,27,28)/t9?,10-,11-,12?/m0/s1. The Bertz CT molecular complexity index is 752. The van der Waals surface area contributed by atoms with Crippen LogP contribution in [0.2, 0.25) is 0 Å². The number of hydrogen-bond acceptors (Lipinski definition) is 5. The van der Waals surface area contributed by atoms with E-state index in [4.69, 9.17) is 10.4 Å². The molecular weight excluding hydrogens is 378 g/mol. The molecule has 9 nitrogen and oxygen atoms in total. The number of carboxylic acids is 1. The average molecular weight is 398 g/mol. The lowest BCUT2D eigenvalue weighted by Gasteiger charge is -2.22. The molecule has 2 N–H and O–H groups in total. The smallest absolute Gasteiger partial charge is 0.308 e. The molecule has 0 spiro atoms. The van der Waals surface area contributed by atoms with Gasteiger partial charge in [-0.1, -0.05) is 0 Å². The molecule has 0 aliphatic carbocycles. The van der Waals surface area contributed by atoms with Crippen molar-refractivity contribution in [3.05, 3.63) is 0 Å². The largest absolute Gasteiger partial charge is 0.481 e. The molecule has 3 amide bonds. The number of halogens is 2. The molecule has 0 aromatic carbocycles. The Kier molecular flexibility index (Phi) is 5.23. The molecule has 28 heavy (non-hydrogen) atoms. The first-order chi connectivity index (χ1) is 13.1. The number of nitrogens with one attached hydrogen (secondary N) is 1. The lowest BCUT2D eigenvalue weighted by Crippen LogP contribution is -2.46. The van der Waals surface area contributed by atoms with Gasteiger partial charge < -0.3 is 20.2 Å². The summed E-state index contributed by atoms with van der Waals surface area (Å²) in [6, 6.07) is -0.625. The molecular formula is C17H20F2N4O5. The fourth-order valence-corrected chi connectivity index (χ4v) is 3.97. The summed E-state index contributed by atoms with van der Waals surface area (Å²) in [5, 5.41) is 20.4. The molecule has 2 unspecified atom stereocenters. The van der Waals surface area contributed by atoms with Crippen molar-refractivity contribution >= 4 is 23.7 Å². The second kappa shape index (κ2) is 7.33. The highest BCUT2D eigenvalue weighted by Gasteiger charge is 2.50. The van der Waals surface area contributed by atoms with Gasteiger partial charge >= 0.3 is 5.97 Å². The monoisotopic (exact) mass is 398 g/mol. The Morgan fingerprint density at radius 2 is 2.07 bits per heavy atom. The summed E-state index contributed by atoms with van der Waals surface area (Å²) in [5.41, 5.74) is 0. The number of carbonyl (C=O) groups is 4. The maximum atomic E-state index is 13.5. The Hall–Kier alpha value is -2.77. The number of rotatable bonds is 4. The van der Waals surface area contributed by atoms with Gasteiger partial charge in [-0.05, 0) is 12.8 Å².